The van der Waals surface area contributed by atoms with Crippen molar-refractivity contribution in [3.63, 3.8) is 0 Å². The molecule has 12 heavy (non-hydrogen) atoms. The van der Waals surface area contributed by atoms with Crippen molar-refractivity contribution in [2.45, 2.75) is 6.43 Å². The molecule has 0 bridgehead atoms. The quantitative estimate of drug-likeness (QED) is 0.679. The average Bonchev–Trinajstić information content (AvgIpc) is 1.96. The van der Waals surface area contributed by atoms with Gasteiger partial charge in [-0.15, -0.1) is 0 Å². The maximum atomic E-state index is 12.6. The van der Waals surface area contributed by atoms with Gasteiger partial charge in [0.1, 0.15) is 11.5 Å². The van der Waals surface area contributed by atoms with Crippen molar-refractivity contribution in [2.75, 3.05) is 11.5 Å². The maximum Gasteiger partial charge on any atom is 0.283 e. The van der Waals surface area contributed by atoms with Crippen molar-refractivity contribution in [3.05, 3.63) is 17.6 Å². The van der Waals surface area contributed by atoms with E-state index in [4.69, 9.17) is 11.5 Å². The molecule has 0 saturated carbocycles. The van der Waals surface area contributed by atoms with Gasteiger partial charge in [0.2, 0.25) is 0 Å². The van der Waals surface area contributed by atoms with Crippen LogP contribution in [0.3, 0.4) is 0 Å². The van der Waals surface area contributed by atoms with Crippen molar-refractivity contribution in [3.8, 4) is 0 Å². The van der Waals surface area contributed by atoms with Crippen LogP contribution in [0.1, 0.15) is 12.1 Å². The van der Waals surface area contributed by atoms with Crippen LogP contribution < -0.4 is 11.5 Å². The van der Waals surface area contributed by atoms with Crippen molar-refractivity contribution >= 4 is 11.5 Å². The van der Waals surface area contributed by atoms with Crippen LogP contribution in [0.5, 0.6) is 0 Å². The van der Waals surface area contributed by atoms with E-state index in [1.54, 1.807) is 0 Å². The Morgan fingerprint density at radius 2 is 1.92 bits per heavy atom. The molecule has 0 spiro atoms. The van der Waals surface area contributed by atoms with E-state index in [1.807, 2.05) is 0 Å². The predicted octanol–water partition coefficient (Wildman–Crippen LogP) is 1.32. The largest absolute Gasteiger partial charge is 0.396 e. The van der Waals surface area contributed by atoms with E-state index in [-0.39, 0.29) is 11.5 Å². The molecule has 66 valence electrons. The zero-order valence-corrected chi connectivity index (χ0v) is 5.89. The van der Waals surface area contributed by atoms with Gasteiger partial charge in [-0.25, -0.2) is 18.2 Å². The lowest BCUT2D eigenvalue weighted by Crippen LogP contribution is -2.04. The Morgan fingerprint density at radius 1 is 1.33 bits per heavy atom. The van der Waals surface area contributed by atoms with Gasteiger partial charge in [0.15, 0.2) is 5.82 Å². The number of alkyl halides is 2. The van der Waals surface area contributed by atoms with Crippen LogP contribution >= 0.6 is 0 Å². The van der Waals surface area contributed by atoms with E-state index in [0.717, 1.165) is 6.07 Å². The fraction of sp³-hybridized carbons (Fsp3) is 0.167. The van der Waals surface area contributed by atoms with Crippen LogP contribution in [0.2, 0.25) is 0 Å². The Morgan fingerprint density at radius 3 is 2.42 bits per heavy atom. The fourth-order valence-electron chi connectivity index (χ4n) is 0.685. The van der Waals surface area contributed by atoms with Crippen molar-refractivity contribution < 1.29 is 13.2 Å². The molecule has 0 atom stereocenters. The number of rotatable bonds is 1. The van der Waals surface area contributed by atoms with E-state index in [0.29, 0.717) is 0 Å². The number of nitrogens with zero attached hydrogens (tertiary/aromatic N) is 1. The third-order valence-electron chi connectivity index (χ3n) is 1.27. The zero-order valence-electron chi connectivity index (χ0n) is 5.89. The van der Waals surface area contributed by atoms with Crippen molar-refractivity contribution in [1.82, 2.24) is 4.98 Å². The van der Waals surface area contributed by atoms with Gasteiger partial charge < -0.3 is 11.5 Å². The topological polar surface area (TPSA) is 64.9 Å². The summed E-state index contributed by atoms with van der Waals surface area (Å²) in [6, 6.07) is 0.726. The second kappa shape index (κ2) is 2.88. The molecule has 0 saturated heterocycles. The van der Waals surface area contributed by atoms with Gasteiger partial charge in [-0.2, -0.15) is 0 Å². The molecule has 1 aromatic rings. The maximum absolute atomic E-state index is 12.6. The first kappa shape index (κ1) is 8.63. The average molecular weight is 177 g/mol. The van der Waals surface area contributed by atoms with Gasteiger partial charge in [-0.05, 0) is 0 Å². The Hall–Kier alpha value is -1.46. The number of hydrogen-bond acceptors (Lipinski definition) is 3. The summed E-state index contributed by atoms with van der Waals surface area (Å²) in [4.78, 5) is 3.10. The molecule has 3 nitrogen and oxygen atoms in total. The molecule has 0 aliphatic rings. The first-order valence-corrected chi connectivity index (χ1v) is 3.02. The minimum Gasteiger partial charge on any atom is -0.396 e. The molecular formula is C6H6F3N3. The highest BCUT2D eigenvalue weighted by Crippen LogP contribution is 2.23. The molecule has 0 fully saturated rings. The van der Waals surface area contributed by atoms with Crippen LogP contribution in [0.4, 0.5) is 24.7 Å². The smallest absolute Gasteiger partial charge is 0.283 e. The lowest BCUT2D eigenvalue weighted by molar-refractivity contribution is 0.141. The minimum absolute atomic E-state index is 0.142. The van der Waals surface area contributed by atoms with Crippen LogP contribution in [-0.4, -0.2) is 4.98 Å². The lowest BCUT2D eigenvalue weighted by atomic mass is 10.3. The van der Waals surface area contributed by atoms with Crippen LogP contribution in [0, 0.1) is 5.82 Å². The summed E-state index contributed by atoms with van der Waals surface area (Å²) in [5.41, 5.74) is 9.10. The number of nitrogen functional groups attached to an aromatic ring is 2. The van der Waals surface area contributed by atoms with Crippen LogP contribution in [-0.2, 0) is 0 Å². The SMILES string of the molecule is Nc1cc(F)c(C(F)F)nc1N. The Kier molecular flexibility index (Phi) is 2.07. The summed E-state index contributed by atoms with van der Waals surface area (Å²) >= 11 is 0. The number of pyridine rings is 1. The molecule has 1 heterocycles. The number of nitrogens with two attached hydrogens (primary N) is 2. The van der Waals surface area contributed by atoms with Gasteiger partial charge in [-0.1, -0.05) is 0 Å². The van der Waals surface area contributed by atoms with E-state index in [2.05, 4.69) is 4.98 Å². The van der Waals surface area contributed by atoms with Crippen LogP contribution in [0.25, 0.3) is 0 Å². The van der Waals surface area contributed by atoms with Crippen molar-refractivity contribution in [2.24, 2.45) is 0 Å². The van der Waals surface area contributed by atoms with Crippen LogP contribution in [0.15, 0.2) is 6.07 Å². The first-order chi connectivity index (χ1) is 5.52. The van der Waals surface area contributed by atoms with E-state index < -0.39 is 17.9 Å². The third kappa shape index (κ3) is 1.41. The van der Waals surface area contributed by atoms with Gasteiger partial charge in [0, 0.05) is 6.07 Å². The highest BCUT2D eigenvalue weighted by molar-refractivity contribution is 5.58. The summed E-state index contributed by atoms with van der Waals surface area (Å²) in [5.74, 6) is -1.43. The molecule has 0 aliphatic carbocycles. The summed E-state index contributed by atoms with van der Waals surface area (Å²) in [7, 11) is 0. The Balaban J connectivity index is 3.23. The lowest BCUT2D eigenvalue weighted by Gasteiger charge is -2.03. The van der Waals surface area contributed by atoms with Gasteiger partial charge in [0.25, 0.3) is 6.43 Å². The molecule has 4 N–H and O–H groups in total. The van der Waals surface area contributed by atoms with E-state index in [9.17, 15) is 13.2 Å². The second-order valence-electron chi connectivity index (χ2n) is 2.13. The third-order valence-corrected chi connectivity index (χ3v) is 1.27. The van der Waals surface area contributed by atoms with Crippen molar-refractivity contribution in [1.29, 1.82) is 0 Å². The summed E-state index contributed by atoms with van der Waals surface area (Å²) in [6.45, 7) is 0. The van der Waals surface area contributed by atoms with Gasteiger partial charge >= 0.3 is 0 Å². The number of hydrogen-bond donors (Lipinski definition) is 2. The summed E-state index contributed by atoms with van der Waals surface area (Å²) in [5, 5.41) is 0. The monoisotopic (exact) mass is 177 g/mol. The number of anilines is 2. The molecule has 0 amide bonds. The number of halogens is 3. The molecule has 0 radical (unpaired) electrons. The van der Waals surface area contributed by atoms with E-state index >= 15 is 0 Å². The Labute approximate surface area is 66.2 Å². The highest BCUT2D eigenvalue weighted by atomic mass is 19.3. The standard InChI is InChI=1S/C6H6F3N3/c7-2-1-3(10)6(11)12-4(2)5(8)9/h1,5H,10H2,(H2,11,12). The second-order valence-corrected chi connectivity index (χ2v) is 2.13. The molecule has 6 heteroatoms. The van der Waals surface area contributed by atoms with E-state index in [1.165, 1.54) is 0 Å². The zero-order chi connectivity index (χ0) is 9.30. The Bertz CT molecular complexity index is 300. The minimum atomic E-state index is -2.98. The van der Waals surface area contributed by atoms with Gasteiger partial charge in [0.05, 0.1) is 5.69 Å². The molecular weight excluding hydrogens is 171 g/mol. The molecule has 0 aromatic carbocycles. The molecule has 1 rings (SSSR count). The van der Waals surface area contributed by atoms with Gasteiger partial charge in [-0.3, -0.25) is 0 Å². The highest BCUT2D eigenvalue weighted by Gasteiger charge is 2.16. The fourth-order valence-corrected chi connectivity index (χ4v) is 0.685. The summed E-state index contributed by atoms with van der Waals surface area (Å²) in [6.07, 6.45) is -2.98. The predicted molar refractivity (Wildman–Crippen MR) is 38.0 cm³/mol. The first-order valence-electron chi connectivity index (χ1n) is 3.02. The molecule has 1 aromatic heterocycles. The normalized spacial score (nSPS) is 10.7. The molecule has 0 aliphatic heterocycles. The number of aromatic nitrogens is 1. The summed E-state index contributed by atoms with van der Waals surface area (Å²) < 4.78 is 36.5. The molecule has 0 unspecified atom stereocenters.